The van der Waals surface area contributed by atoms with Gasteiger partial charge in [0.15, 0.2) is 0 Å². The number of para-hydroxylation sites is 2. The van der Waals surface area contributed by atoms with Gasteiger partial charge in [0.25, 0.3) is 5.91 Å². The third kappa shape index (κ3) is 2.47. The van der Waals surface area contributed by atoms with E-state index in [1.165, 1.54) is 0 Å². The van der Waals surface area contributed by atoms with E-state index in [0.717, 1.165) is 5.69 Å². The van der Waals surface area contributed by atoms with Crippen LogP contribution < -0.4 is 15.0 Å². The number of amides is 1. The number of carbonyl (C=O) groups excluding carboxylic acids is 1. The highest BCUT2D eigenvalue weighted by Crippen LogP contribution is 2.29. The molecule has 1 fully saturated rings. The van der Waals surface area contributed by atoms with Crippen LogP contribution in [0.3, 0.4) is 0 Å². The summed E-state index contributed by atoms with van der Waals surface area (Å²) in [6.45, 7) is 1.61. The monoisotopic (exact) mass is 250 g/mol. The van der Waals surface area contributed by atoms with Crippen LogP contribution >= 0.6 is 0 Å². The van der Waals surface area contributed by atoms with Gasteiger partial charge in [0.2, 0.25) is 0 Å². The van der Waals surface area contributed by atoms with E-state index in [9.17, 15) is 4.79 Å². The molecule has 0 spiro atoms. The highest BCUT2D eigenvalue weighted by molar-refractivity contribution is 5.98. The summed E-state index contributed by atoms with van der Waals surface area (Å²) >= 11 is 0. The molecule has 98 valence electrons. The van der Waals surface area contributed by atoms with E-state index in [2.05, 4.69) is 5.32 Å². The number of nitrogens with one attached hydrogen (secondary N) is 1. The first-order valence-corrected chi connectivity index (χ1v) is 5.98. The number of nitrogens with zero attached hydrogens (tertiary/aromatic N) is 1. The molecule has 0 bridgehead atoms. The van der Waals surface area contributed by atoms with Crippen molar-refractivity contribution >= 4 is 11.6 Å². The van der Waals surface area contributed by atoms with Gasteiger partial charge >= 0.3 is 0 Å². The first-order chi connectivity index (χ1) is 8.77. The predicted octanol–water partition coefficient (Wildman–Crippen LogP) is 0.646. The maximum Gasteiger partial charge on any atom is 0.257 e. The maximum absolute atomic E-state index is 12.3. The van der Waals surface area contributed by atoms with Crippen molar-refractivity contribution < 1.29 is 14.3 Å². The number of hydrogen-bond acceptors (Lipinski definition) is 4. The van der Waals surface area contributed by atoms with Crippen LogP contribution in [-0.2, 0) is 9.53 Å². The molecule has 1 aromatic rings. The summed E-state index contributed by atoms with van der Waals surface area (Å²) in [5.41, 5.74) is 0.800. The largest absolute Gasteiger partial charge is 0.495 e. The van der Waals surface area contributed by atoms with Crippen molar-refractivity contribution in [3.63, 3.8) is 0 Å². The van der Waals surface area contributed by atoms with Crippen LogP contribution in [0.1, 0.15) is 0 Å². The molecule has 5 nitrogen and oxygen atoms in total. The highest BCUT2D eigenvalue weighted by atomic mass is 16.5. The normalized spacial score (nSPS) is 20.0. The number of hydrogen-bond donors (Lipinski definition) is 1. The molecule has 1 aromatic carbocycles. The van der Waals surface area contributed by atoms with Crippen LogP contribution in [0.15, 0.2) is 24.3 Å². The summed E-state index contributed by atoms with van der Waals surface area (Å²) in [4.78, 5) is 14.0. The van der Waals surface area contributed by atoms with Crippen molar-refractivity contribution in [3.8, 4) is 5.75 Å². The van der Waals surface area contributed by atoms with Crippen molar-refractivity contribution in [2.24, 2.45) is 0 Å². The molecule has 1 saturated heterocycles. The van der Waals surface area contributed by atoms with Crippen LogP contribution in [0, 0.1) is 0 Å². The minimum absolute atomic E-state index is 0.0277. The molecule has 0 aromatic heterocycles. The Kier molecular flexibility index (Phi) is 4.17. The molecule has 2 rings (SSSR count). The predicted molar refractivity (Wildman–Crippen MR) is 69.0 cm³/mol. The fourth-order valence-corrected chi connectivity index (χ4v) is 2.07. The molecule has 1 aliphatic rings. The topological polar surface area (TPSA) is 50.8 Å². The van der Waals surface area contributed by atoms with Crippen LogP contribution in [-0.4, -0.2) is 45.9 Å². The van der Waals surface area contributed by atoms with Crippen molar-refractivity contribution in [1.29, 1.82) is 0 Å². The zero-order valence-electron chi connectivity index (χ0n) is 10.7. The number of methoxy groups -OCH3 is 1. The molecule has 18 heavy (non-hydrogen) atoms. The molecule has 0 aliphatic carbocycles. The molecule has 5 heteroatoms. The van der Waals surface area contributed by atoms with Crippen molar-refractivity contribution in [2.75, 3.05) is 38.8 Å². The quantitative estimate of drug-likeness (QED) is 0.852. The summed E-state index contributed by atoms with van der Waals surface area (Å²) in [7, 11) is 3.41. The van der Waals surface area contributed by atoms with Crippen molar-refractivity contribution in [2.45, 2.75) is 6.10 Å². The Morgan fingerprint density at radius 3 is 3.00 bits per heavy atom. The first-order valence-electron chi connectivity index (χ1n) is 5.98. The van der Waals surface area contributed by atoms with Gasteiger partial charge in [-0.2, -0.15) is 0 Å². The van der Waals surface area contributed by atoms with Gasteiger partial charge in [-0.15, -0.1) is 0 Å². The second-order valence-electron chi connectivity index (χ2n) is 4.08. The van der Waals surface area contributed by atoms with Gasteiger partial charge in [-0.1, -0.05) is 12.1 Å². The Morgan fingerprint density at radius 2 is 2.28 bits per heavy atom. The number of likely N-dealkylation sites (N-methyl/N-ethyl adjacent to an activating group) is 1. The van der Waals surface area contributed by atoms with E-state index >= 15 is 0 Å². The summed E-state index contributed by atoms with van der Waals surface area (Å²) in [6, 6.07) is 7.52. The zero-order chi connectivity index (χ0) is 13.0. The van der Waals surface area contributed by atoms with Crippen LogP contribution in [0.4, 0.5) is 5.69 Å². The van der Waals surface area contributed by atoms with Gasteiger partial charge in [-0.3, -0.25) is 4.79 Å². The number of benzene rings is 1. The Hall–Kier alpha value is -1.59. The smallest absolute Gasteiger partial charge is 0.257 e. The summed E-state index contributed by atoms with van der Waals surface area (Å²) in [5.74, 6) is 0.677. The van der Waals surface area contributed by atoms with E-state index in [1.54, 1.807) is 19.1 Å². The molecular formula is C13H18N2O3. The van der Waals surface area contributed by atoms with Crippen molar-refractivity contribution in [3.05, 3.63) is 24.3 Å². The van der Waals surface area contributed by atoms with Gasteiger partial charge in [-0.25, -0.2) is 0 Å². The van der Waals surface area contributed by atoms with E-state index in [0.29, 0.717) is 25.4 Å². The Bertz CT molecular complexity index is 420. The second-order valence-corrected chi connectivity index (χ2v) is 4.08. The lowest BCUT2D eigenvalue weighted by Crippen LogP contribution is -2.51. The Morgan fingerprint density at radius 1 is 1.50 bits per heavy atom. The van der Waals surface area contributed by atoms with E-state index < -0.39 is 6.10 Å². The van der Waals surface area contributed by atoms with Gasteiger partial charge < -0.3 is 19.7 Å². The second kappa shape index (κ2) is 5.84. The summed E-state index contributed by atoms with van der Waals surface area (Å²) < 4.78 is 10.8. The highest BCUT2D eigenvalue weighted by Gasteiger charge is 2.31. The first kappa shape index (κ1) is 12.9. The fraction of sp³-hybridized carbons (Fsp3) is 0.462. The SMILES string of the molecule is CNCC1OCCN(c2ccccc2OC)C1=O. The molecular weight excluding hydrogens is 232 g/mol. The summed E-state index contributed by atoms with van der Waals surface area (Å²) in [5, 5.41) is 2.96. The number of carbonyl (C=O) groups is 1. The molecule has 1 aliphatic heterocycles. The lowest BCUT2D eigenvalue weighted by atomic mass is 10.2. The van der Waals surface area contributed by atoms with Gasteiger partial charge in [0.05, 0.1) is 19.4 Å². The zero-order valence-corrected chi connectivity index (χ0v) is 10.7. The fourth-order valence-electron chi connectivity index (χ4n) is 2.07. The lowest BCUT2D eigenvalue weighted by molar-refractivity contribution is -0.133. The van der Waals surface area contributed by atoms with Crippen molar-refractivity contribution in [1.82, 2.24) is 5.32 Å². The van der Waals surface area contributed by atoms with Crippen LogP contribution in [0.5, 0.6) is 5.75 Å². The molecule has 1 unspecified atom stereocenters. The minimum atomic E-state index is -0.423. The van der Waals surface area contributed by atoms with E-state index in [-0.39, 0.29) is 5.91 Å². The Labute approximate surface area is 107 Å². The number of morpholine rings is 1. The minimum Gasteiger partial charge on any atom is -0.495 e. The molecule has 0 radical (unpaired) electrons. The number of ether oxygens (including phenoxy) is 2. The average molecular weight is 250 g/mol. The Balaban J connectivity index is 2.23. The van der Waals surface area contributed by atoms with Gasteiger partial charge in [-0.05, 0) is 19.2 Å². The van der Waals surface area contributed by atoms with E-state index in [4.69, 9.17) is 9.47 Å². The van der Waals surface area contributed by atoms with Gasteiger partial charge in [0.1, 0.15) is 11.9 Å². The van der Waals surface area contributed by atoms with Gasteiger partial charge in [0, 0.05) is 13.1 Å². The van der Waals surface area contributed by atoms with Crippen LogP contribution in [0.25, 0.3) is 0 Å². The molecule has 1 amide bonds. The molecule has 1 N–H and O–H groups in total. The standard InChI is InChI=1S/C13H18N2O3/c1-14-9-12-13(16)15(7-8-18-12)10-5-3-4-6-11(10)17-2/h3-6,12,14H,7-9H2,1-2H3. The number of anilines is 1. The molecule has 1 heterocycles. The van der Waals surface area contributed by atoms with E-state index in [1.807, 2.05) is 24.3 Å². The number of rotatable bonds is 4. The lowest BCUT2D eigenvalue weighted by Gasteiger charge is -2.33. The third-order valence-corrected chi connectivity index (χ3v) is 2.94. The summed E-state index contributed by atoms with van der Waals surface area (Å²) in [6.07, 6.45) is -0.423. The average Bonchev–Trinajstić information content (AvgIpc) is 2.41. The van der Waals surface area contributed by atoms with Crippen LogP contribution in [0.2, 0.25) is 0 Å². The molecule has 1 atom stereocenters. The molecule has 0 saturated carbocycles. The maximum atomic E-state index is 12.3. The third-order valence-electron chi connectivity index (χ3n) is 2.94.